The molecule has 142 valence electrons. The average Bonchev–Trinajstić information content (AvgIpc) is 3.07. The number of benzene rings is 1. The van der Waals surface area contributed by atoms with Crippen LogP contribution in [-0.4, -0.2) is 33.3 Å². The Kier molecular flexibility index (Phi) is 6.32. The van der Waals surface area contributed by atoms with E-state index < -0.39 is 27.6 Å². The zero-order chi connectivity index (χ0) is 19.3. The minimum atomic E-state index is -5.10. The Morgan fingerprint density at radius 3 is 2.42 bits per heavy atom. The van der Waals surface area contributed by atoms with Gasteiger partial charge in [0.25, 0.3) is 11.3 Å². The van der Waals surface area contributed by atoms with Crippen LogP contribution in [0.5, 0.6) is 0 Å². The fraction of sp³-hybridized carbons (Fsp3) is 0.357. The van der Waals surface area contributed by atoms with E-state index in [4.69, 9.17) is 0 Å². The van der Waals surface area contributed by atoms with E-state index in [1.165, 1.54) is 18.4 Å². The van der Waals surface area contributed by atoms with Gasteiger partial charge in [-0.1, -0.05) is 5.16 Å². The van der Waals surface area contributed by atoms with Crippen LogP contribution in [0.4, 0.5) is 36.1 Å². The molecule has 2 aromatic rings. The lowest BCUT2D eigenvalue weighted by Crippen LogP contribution is -2.39. The first-order valence-electron chi connectivity index (χ1n) is 7.47. The maximum absolute atomic E-state index is 13.3. The summed E-state index contributed by atoms with van der Waals surface area (Å²) in [4.78, 5) is 1.79. The maximum atomic E-state index is 13.3. The summed E-state index contributed by atoms with van der Waals surface area (Å²) < 4.78 is 64.4. The fourth-order valence-corrected chi connectivity index (χ4v) is 2.71. The van der Waals surface area contributed by atoms with Crippen molar-refractivity contribution in [2.24, 2.45) is 10.2 Å². The van der Waals surface area contributed by atoms with E-state index in [1.807, 2.05) is 13.8 Å². The van der Waals surface area contributed by atoms with Crippen LogP contribution in [0.15, 0.2) is 45.3 Å². The van der Waals surface area contributed by atoms with Crippen molar-refractivity contribution < 1.29 is 26.5 Å². The minimum absolute atomic E-state index is 0.0486. The highest BCUT2D eigenvalue weighted by Gasteiger charge is 2.43. The molecule has 26 heavy (non-hydrogen) atoms. The number of hydrogen-bond donors (Lipinski definition) is 1. The number of azo groups is 1. The molecule has 1 heterocycles. The van der Waals surface area contributed by atoms with Crippen molar-refractivity contribution >= 4 is 34.1 Å². The molecule has 1 unspecified atom stereocenters. The van der Waals surface area contributed by atoms with Gasteiger partial charge in [0, 0.05) is 24.8 Å². The fourth-order valence-electron chi connectivity index (χ4n) is 2.22. The summed E-state index contributed by atoms with van der Waals surface area (Å²) in [5, 5.41) is 10.9. The van der Waals surface area contributed by atoms with Crippen LogP contribution in [0, 0.1) is 0 Å². The van der Waals surface area contributed by atoms with Gasteiger partial charge in [0.15, 0.2) is 0 Å². The third-order valence-corrected chi connectivity index (χ3v) is 4.09. The lowest BCUT2D eigenvalue weighted by atomic mass is 10.2. The topological polar surface area (TPSA) is 94.5 Å². The number of hydrogen-bond acceptors (Lipinski definition) is 6. The predicted octanol–water partition coefficient (Wildman–Crippen LogP) is 4.40. The van der Waals surface area contributed by atoms with Crippen molar-refractivity contribution in [2.75, 3.05) is 22.3 Å². The molecule has 0 amide bonds. The normalized spacial score (nSPS) is 13.2. The van der Waals surface area contributed by atoms with Crippen LogP contribution in [0.3, 0.4) is 0 Å². The molecule has 1 aromatic carbocycles. The Bertz CT molecular complexity index is 779. The van der Waals surface area contributed by atoms with Crippen molar-refractivity contribution in [2.45, 2.75) is 20.1 Å². The molecule has 0 aliphatic rings. The first-order chi connectivity index (χ1) is 12.3. The highest BCUT2D eigenvalue weighted by atomic mass is 32.2. The van der Waals surface area contributed by atoms with Gasteiger partial charge in [-0.05, 0) is 32.0 Å². The SMILES string of the molecule is CCN(CC)c1ccc(N=Nc2ccon2)c(N(S(=O)O)C(F)(F)F)c1. The number of rotatable bonds is 7. The van der Waals surface area contributed by atoms with E-state index in [0.29, 0.717) is 18.8 Å². The highest BCUT2D eigenvalue weighted by Crippen LogP contribution is 2.39. The Labute approximate surface area is 149 Å². The molecule has 0 saturated carbocycles. The van der Waals surface area contributed by atoms with Crippen molar-refractivity contribution in [1.82, 2.24) is 5.16 Å². The van der Waals surface area contributed by atoms with E-state index in [0.717, 1.165) is 6.07 Å². The molecule has 1 aromatic heterocycles. The Hall–Kier alpha value is -2.47. The summed E-state index contributed by atoms with van der Waals surface area (Å²) >= 11 is -3.35. The average molecular weight is 391 g/mol. The van der Waals surface area contributed by atoms with Crippen LogP contribution in [0.1, 0.15) is 13.8 Å². The van der Waals surface area contributed by atoms with Crippen molar-refractivity contribution in [3.05, 3.63) is 30.5 Å². The van der Waals surface area contributed by atoms with E-state index in [9.17, 15) is 21.9 Å². The van der Waals surface area contributed by atoms with Gasteiger partial charge in [-0.2, -0.15) is 4.31 Å². The van der Waals surface area contributed by atoms with Crippen LogP contribution in [-0.2, 0) is 11.3 Å². The van der Waals surface area contributed by atoms with Crippen LogP contribution in [0.25, 0.3) is 0 Å². The van der Waals surface area contributed by atoms with Crippen LogP contribution >= 0.6 is 0 Å². The molecule has 0 spiro atoms. The lowest BCUT2D eigenvalue weighted by molar-refractivity contribution is -0.115. The standard InChI is InChI=1S/C14H16F3N5O3S/c1-3-21(4-2)10-5-6-11(18-19-13-7-8-25-20-13)12(9-10)22(26(23)24)14(15,16)17/h5-9H,3-4H2,1-2H3,(H,23,24). The monoisotopic (exact) mass is 391 g/mol. The van der Waals surface area contributed by atoms with Crippen LogP contribution in [0.2, 0.25) is 0 Å². The molecular formula is C14H16F3N5O3S. The molecule has 0 aliphatic carbocycles. The number of nitrogens with zero attached hydrogens (tertiary/aromatic N) is 5. The zero-order valence-electron chi connectivity index (χ0n) is 13.8. The predicted molar refractivity (Wildman–Crippen MR) is 90.0 cm³/mol. The van der Waals surface area contributed by atoms with Crippen LogP contribution < -0.4 is 9.21 Å². The lowest BCUT2D eigenvalue weighted by Gasteiger charge is -2.26. The number of aromatic nitrogens is 1. The van der Waals surface area contributed by atoms with Gasteiger partial charge in [0.2, 0.25) is 5.82 Å². The minimum Gasteiger partial charge on any atom is -0.372 e. The van der Waals surface area contributed by atoms with E-state index >= 15 is 0 Å². The summed E-state index contributed by atoms with van der Waals surface area (Å²) in [6, 6.07) is 5.35. The molecule has 12 heteroatoms. The molecule has 2 rings (SSSR count). The van der Waals surface area contributed by atoms with E-state index in [1.54, 1.807) is 11.0 Å². The first-order valence-corrected chi connectivity index (χ1v) is 8.53. The van der Waals surface area contributed by atoms with Crippen molar-refractivity contribution in [1.29, 1.82) is 0 Å². The molecule has 8 nitrogen and oxygen atoms in total. The summed E-state index contributed by atoms with van der Waals surface area (Å²) in [6.45, 7) is 4.77. The third kappa shape index (κ3) is 4.58. The van der Waals surface area contributed by atoms with Gasteiger partial charge in [0.1, 0.15) is 12.0 Å². The second-order valence-corrected chi connectivity index (χ2v) is 5.72. The van der Waals surface area contributed by atoms with E-state index in [2.05, 4.69) is 19.9 Å². The molecule has 0 bridgehead atoms. The first kappa shape index (κ1) is 19.8. The Morgan fingerprint density at radius 2 is 1.92 bits per heavy atom. The second kappa shape index (κ2) is 8.27. The zero-order valence-corrected chi connectivity index (χ0v) is 14.7. The van der Waals surface area contributed by atoms with Crippen molar-refractivity contribution in [3.8, 4) is 0 Å². The number of anilines is 2. The third-order valence-electron chi connectivity index (χ3n) is 3.38. The largest absolute Gasteiger partial charge is 0.498 e. The summed E-state index contributed by atoms with van der Waals surface area (Å²) in [5.74, 6) is 0.0486. The molecule has 1 N–H and O–H groups in total. The second-order valence-electron chi connectivity index (χ2n) is 4.90. The van der Waals surface area contributed by atoms with Gasteiger partial charge in [0.05, 0.1) is 5.69 Å². The molecule has 0 aliphatic heterocycles. The Balaban J connectivity index is 2.57. The number of alkyl halides is 3. The Morgan fingerprint density at radius 1 is 1.23 bits per heavy atom. The smallest absolute Gasteiger partial charge is 0.372 e. The van der Waals surface area contributed by atoms with Gasteiger partial charge in [-0.25, -0.2) is 4.21 Å². The van der Waals surface area contributed by atoms with Gasteiger partial charge in [-0.15, -0.1) is 23.4 Å². The molecule has 0 radical (unpaired) electrons. The summed E-state index contributed by atoms with van der Waals surface area (Å²) in [6.07, 6.45) is -3.87. The van der Waals surface area contributed by atoms with E-state index in [-0.39, 0.29) is 11.5 Å². The summed E-state index contributed by atoms with van der Waals surface area (Å²) in [5.41, 5.74) is -0.399. The highest BCUT2D eigenvalue weighted by molar-refractivity contribution is 7.80. The van der Waals surface area contributed by atoms with Gasteiger partial charge >= 0.3 is 6.30 Å². The molecule has 1 atom stereocenters. The quantitative estimate of drug-likeness (QED) is 0.429. The van der Waals surface area contributed by atoms with Crippen molar-refractivity contribution in [3.63, 3.8) is 0 Å². The molecule has 0 fully saturated rings. The van der Waals surface area contributed by atoms with Gasteiger partial charge in [-0.3, -0.25) is 4.55 Å². The molecular weight excluding hydrogens is 375 g/mol. The summed E-state index contributed by atoms with van der Waals surface area (Å²) in [7, 11) is 0. The molecule has 0 saturated heterocycles. The maximum Gasteiger partial charge on any atom is 0.498 e. The van der Waals surface area contributed by atoms with Gasteiger partial charge < -0.3 is 9.42 Å². The number of halogens is 3.